The van der Waals surface area contributed by atoms with Crippen LogP contribution in [0.5, 0.6) is 0 Å². The van der Waals surface area contributed by atoms with Gasteiger partial charge in [0.15, 0.2) is 6.04 Å². The summed E-state index contributed by atoms with van der Waals surface area (Å²) >= 11 is 0. The number of carbonyl (C=O) groups excluding carboxylic acids is 1. The molecule has 6 nitrogen and oxygen atoms in total. The normalized spacial score (nSPS) is 16.5. The fourth-order valence-electron chi connectivity index (χ4n) is 1.44. The molecule has 0 bridgehead atoms. The van der Waals surface area contributed by atoms with Crippen LogP contribution >= 0.6 is 0 Å². The van der Waals surface area contributed by atoms with Crippen LogP contribution in [0.3, 0.4) is 0 Å². The number of halogens is 3. The molecule has 0 aromatic rings. The van der Waals surface area contributed by atoms with Crippen LogP contribution in [0.4, 0.5) is 13.2 Å². The Hall–Kier alpha value is -1.38. The Balaban J connectivity index is 5.03. The molecule has 0 aromatic heterocycles. The topological polar surface area (TPSA) is 81.5 Å². The fourth-order valence-corrected chi connectivity index (χ4v) is 1.44. The van der Waals surface area contributed by atoms with Crippen LogP contribution < -0.4 is 5.32 Å². The summed E-state index contributed by atoms with van der Waals surface area (Å²) in [6.45, 7) is 1.92. The van der Waals surface area contributed by atoms with E-state index in [1.165, 1.54) is 0 Å². The lowest BCUT2D eigenvalue weighted by atomic mass is 9.98. The van der Waals surface area contributed by atoms with Gasteiger partial charge in [-0.15, -0.1) is 0 Å². The van der Waals surface area contributed by atoms with E-state index in [0.717, 1.165) is 7.11 Å². The Bertz CT molecular complexity index is 322. The number of hydrogen-bond donors (Lipinski definition) is 1. The molecule has 0 radical (unpaired) electrons. The van der Waals surface area contributed by atoms with Gasteiger partial charge in [0.05, 0.1) is 7.11 Å². The zero-order valence-electron chi connectivity index (χ0n) is 10.9. The summed E-state index contributed by atoms with van der Waals surface area (Å²) in [6.07, 6.45) is -4.39. The number of carbonyl (C=O) groups is 1. The highest BCUT2D eigenvalue weighted by Crippen LogP contribution is 2.22. The van der Waals surface area contributed by atoms with Crippen molar-refractivity contribution in [3.63, 3.8) is 0 Å². The van der Waals surface area contributed by atoms with Gasteiger partial charge in [0, 0.05) is 4.92 Å². The highest BCUT2D eigenvalue weighted by atomic mass is 19.4. The van der Waals surface area contributed by atoms with Gasteiger partial charge in [-0.2, -0.15) is 13.2 Å². The van der Waals surface area contributed by atoms with E-state index < -0.39 is 41.6 Å². The average Bonchev–Trinajstić information content (AvgIpc) is 2.30. The van der Waals surface area contributed by atoms with Gasteiger partial charge in [0.1, 0.15) is 6.04 Å². The molecule has 0 spiro atoms. The molecular formula is C10H17F3N2O4. The van der Waals surface area contributed by atoms with E-state index in [4.69, 9.17) is 0 Å². The number of hydrogen-bond acceptors (Lipinski definition) is 5. The standard InChI is InChI=1S/C10H17F3N2O4/c1-4-6(2)8(9(16)19-3)14-7(5-15(17)18)10(11,12)13/h6-8,14H,4-5H2,1-3H3/t6-,7-,8-/m0/s1. The highest BCUT2D eigenvalue weighted by molar-refractivity contribution is 5.76. The van der Waals surface area contributed by atoms with Crippen molar-refractivity contribution in [3.8, 4) is 0 Å². The molecule has 0 rings (SSSR count). The van der Waals surface area contributed by atoms with Gasteiger partial charge >= 0.3 is 12.1 Å². The minimum absolute atomic E-state index is 0.426. The maximum atomic E-state index is 12.7. The van der Waals surface area contributed by atoms with Crippen molar-refractivity contribution < 1.29 is 27.6 Å². The maximum absolute atomic E-state index is 12.7. The molecule has 9 heteroatoms. The summed E-state index contributed by atoms with van der Waals surface area (Å²) in [5.74, 6) is -1.31. The van der Waals surface area contributed by atoms with Crippen LogP contribution in [0.2, 0.25) is 0 Å². The van der Waals surface area contributed by atoms with E-state index in [2.05, 4.69) is 4.74 Å². The molecule has 0 aromatic carbocycles. The van der Waals surface area contributed by atoms with Crippen LogP contribution in [0, 0.1) is 16.0 Å². The van der Waals surface area contributed by atoms with Gasteiger partial charge in [0.25, 0.3) is 0 Å². The van der Waals surface area contributed by atoms with Crippen molar-refractivity contribution in [2.45, 2.75) is 38.5 Å². The Morgan fingerprint density at radius 2 is 2.00 bits per heavy atom. The second kappa shape index (κ2) is 7.27. The van der Waals surface area contributed by atoms with E-state index in [9.17, 15) is 28.1 Å². The van der Waals surface area contributed by atoms with Crippen LogP contribution in [0.15, 0.2) is 0 Å². The lowest BCUT2D eigenvalue weighted by Crippen LogP contribution is -2.55. The van der Waals surface area contributed by atoms with Gasteiger partial charge in [0.2, 0.25) is 6.54 Å². The number of nitro groups is 1. The maximum Gasteiger partial charge on any atom is 0.410 e. The minimum atomic E-state index is -4.81. The molecule has 0 aliphatic rings. The zero-order chi connectivity index (χ0) is 15.2. The molecule has 19 heavy (non-hydrogen) atoms. The molecule has 0 aliphatic carbocycles. The van der Waals surface area contributed by atoms with Gasteiger partial charge < -0.3 is 4.74 Å². The molecule has 0 heterocycles. The van der Waals surface area contributed by atoms with E-state index in [-0.39, 0.29) is 0 Å². The first-order valence-corrected chi connectivity index (χ1v) is 5.65. The Morgan fingerprint density at radius 3 is 2.32 bits per heavy atom. The van der Waals surface area contributed by atoms with E-state index in [1.807, 2.05) is 5.32 Å². The summed E-state index contributed by atoms with van der Waals surface area (Å²) in [4.78, 5) is 20.6. The molecule has 1 N–H and O–H groups in total. The summed E-state index contributed by atoms with van der Waals surface area (Å²) in [7, 11) is 1.05. The third kappa shape index (κ3) is 5.86. The lowest BCUT2D eigenvalue weighted by Gasteiger charge is -2.27. The van der Waals surface area contributed by atoms with Crippen molar-refractivity contribution in [2.75, 3.05) is 13.7 Å². The largest absolute Gasteiger partial charge is 0.468 e. The lowest BCUT2D eigenvalue weighted by molar-refractivity contribution is -0.491. The highest BCUT2D eigenvalue weighted by Gasteiger charge is 2.45. The van der Waals surface area contributed by atoms with Gasteiger partial charge in [-0.25, -0.2) is 0 Å². The molecule has 0 fully saturated rings. The number of alkyl halides is 3. The van der Waals surface area contributed by atoms with Crippen LogP contribution in [-0.4, -0.2) is 42.8 Å². The third-order valence-electron chi connectivity index (χ3n) is 2.78. The molecule has 0 saturated heterocycles. The number of rotatable bonds is 7. The number of methoxy groups -OCH3 is 1. The molecule has 3 atom stereocenters. The number of esters is 1. The molecular weight excluding hydrogens is 269 g/mol. The van der Waals surface area contributed by atoms with Crippen molar-refractivity contribution in [1.82, 2.24) is 5.32 Å². The molecule has 0 aliphatic heterocycles. The molecule has 112 valence electrons. The van der Waals surface area contributed by atoms with Crippen LogP contribution in [0.1, 0.15) is 20.3 Å². The zero-order valence-corrected chi connectivity index (χ0v) is 10.9. The predicted molar refractivity (Wildman–Crippen MR) is 60.1 cm³/mol. The molecule has 0 amide bonds. The summed E-state index contributed by atoms with van der Waals surface area (Å²) in [6, 6.07) is -3.62. The smallest absolute Gasteiger partial charge is 0.410 e. The first-order chi connectivity index (χ1) is 8.63. The number of nitrogens with zero attached hydrogens (tertiary/aromatic N) is 1. The van der Waals surface area contributed by atoms with E-state index >= 15 is 0 Å². The van der Waals surface area contributed by atoms with Gasteiger partial charge in [-0.1, -0.05) is 20.3 Å². The summed E-state index contributed by atoms with van der Waals surface area (Å²) < 4.78 is 42.4. The molecule has 0 unspecified atom stereocenters. The minimum Gasteiger partial charge on any atom is -0.468 e. The van der Waals surface area contributed by atoms with Crippen molar-refractivity contribution >= 4 is 5.97 Å². The quantitative estimate of drug-likeness (QED) is 0.434. The monoisotopic (exact) mass is 286 g/mol. The Morgan fingerprint density at radius 1 is 1.47 bits per heavy atom. The van der Waals surface area contributed by atoms with E-state index in [1.54, 1.807) is 13.8 Å². The van der Waals surface area contributed by atoms with Gasteiger partial charge in [-0.05, 0) is 5.92 Å². The number of ether oxygens (including phenoxy) is 1. The average molecular weight is 286 g/mol. The summed E-state index contributed by atoms with van der Waals surface area (Å²) in [5.41, 5.74) is 0. The predicted octanol–water partition coefficient (Wildman–Crippen LogP) is 1.37. The van der Waals surface area contributed by atoms with Crippen molar-refractivity contribution in [3.05, 3.63) is 10.1 Å². The van der Waals surface area contributed by atoms with Crippen molar-refractivity contribution in [2.24, 2.45) is 5.92 Å². The van der Waals surface area contributed by atoms with Crippen LogP contribution in [0.25, 0.3) is 0 Å². The number of nitrogens with one attached hydrogen (secondary N) is 1. The second-order valence-electron chi connectivity index (χ2n) is 4.16. The fraction of sp³-hybridized carbons (Fsp3) is 0.900. The first kappa shape index (κ1) is 17.6. The molecule has 0 saturated carbocycles. The van der Waals surface area contributed by atoms with E-state index in [0.29, 0.717) is 6.42 Å². The van der Waals surface area contributed by atoms with Crippen LogP contribution in [-0.2, 0) is 9.53 Å². The Labute approximate surface area is 108 Å². The Kier molecular flexibility index (Phi) is 6.74. The second-order valence-corrected chi connectivity index (χ2v) is 4.16. The SMILES string of the molecule is CC[C@H](C)[C@H](N[C@@H](C[N+](=O)[O-])C(F)(F)F)C(=O)OC. The third-order valence-corrected chi connectivity index (χ3v) is 2.78. The summed E-state index contributed by atoms with van der Waals surface area (Å²) in [5, 5.41) is 12.3. The van der Waals surface area contributed by atoms with Gasteiger partial charge in [-0.3, -0.25) is 20.2 Å². The first-order valence-electron chi connectivity index (χ1n) is 5.65. The van der Waals surface area contributed by atoms with Crippen molar-refractivity contribution in [1.29, 1.82) is 0 Å².